The first-order valence-corrected chi connectivity index (χ1v) is 9.00. The van der Waals surface area contributed by atoms with Crippen LogP contribution in [0.2, 0.25) is 0 Å². The zero-order valence-corrected chi connectivity index (χ0v) is 14.3. The van der Waals surface area contributed by atoms with Crippen LogP contribution in [0.1, 0.15) is 19.3 Å². The zero-order valence-electron chi connectivity index (χ0n) is 14.3. The van der Waals surface area contributed by atoms with Gasteiger partial charge in [-0.15, -0.1) is 0 Å². The first kappa shape index (κ1) is 15.2. The van der Waals surface area contributed by atoms with E-state index >= 15 is 0 Å². The minimum atomic E-state index is 0.478. The Hall–Kier alpha value is -3.08. The number of para-hydroxylation sites is 2. The highest BCUT2D eigenvalue weighted by atomic mass is 16.5. The lowest BCUT2D eigenvalue weighted by molar-refractivity contribution is 0.177. The highest BCUT2D eigenvalue weighted by molar-refractivity contribution is 5.85. The molecular formula is C21H19N3O2. The average Bonchev–Trinajstić information content (AvgIpc) is 3.02. The van der Waals surface area contributed by atoms with Crippen LogP contribution in [-0.2, 0) is 0 Å². The summed E-state index contributed by atoms with van der Waals surface area (Å²) in [4.78, 5) is 9.19. The second kappa shape index (κ2) is 6.33. The molecule has 5 rings (SSSR count). The predicted molar refractivity (Wildman–Crippen MR) is 102 cm³/mol. The molecule has 0 unspecified atom stereocenters. The monoisotopic (exact) mass is 345 g/mol. The summed E-state index contributed by atoms with van der Waals surface area (Å²) in [6.07, 6.45) is 3.79. The maximum Gasteiger partial charge on any atom is 0.233 e. The van der Waals surface area contributed by atoms with Crippen molar-refractivity contribution >= 4 is 33.7 Å². The number of aromatic nitrogens is 2. The SMILES string of the molecule is c1ccc2oc(Nc3nc(OCC4CCC4)c4ccccc4n3)cc2c1. The van der Waals surface area contributed by atoms with Crippen molar-refractivity contribution in [3.8, 4) is 5.88 Å². The summed E-state index contributed by atoms with van der Waals surface area (Å²) in [5.74, 6) is 2.37. The molecule has 4 aromatic rings. The summed E-state index contributed by atoms with van der Waals surface area (Å²) < 4.78 is 11.9. The van der Waals surface area contributed by atoms with Crippen molar-refractivity contribution in [2.24, 2.45) is 5.92 Å². The van der Waals surface area contributed by atoms with Crippen molar-refractivity contribution in [1.82, 2.24) is 9.97 Å². The lowest BCUT2D eigenvalue weighted by Crippen LogP contribution is -2.19. The van der Waals surface area contributed by atoms with Crippen LogP contribution in [0.5, 0.6) is 5.88 Å². The molecule has 0 aliphatic heterocycles. The highest BCUT2D eigenvalue weighted by Gasteiger charge is 2.19. The van der Waals surface area contributed by atoms with E-state index in [0.717, 1.165) is 21.9 Å². The Morgan fingerprint density at radius 1 is 1.04 bits per heavy atom. The van der Waals surface area contributed by atoms with Crippen molar-refractivity contribution in [2.45, 2.75) is 19.3 Å². The number of rotatable bonds is 5. The van der Waals surface area contributed by atoms with Crippen LogP contribution in [0, 0.1) is 5.92 Å². The third-order valence-electron chi connectivity index (χ3n) is 4.91. The van der Waals surface area contributed by atoms with E-state index in [2.05, 4.69) is 15.3 Å². The number of hydrogen-bond donors (Lipinski definition) is 1. The van der Waals surface area contributed by atoms with Crippen LogP contribution < -0.4 is 10.1 Å². The van der Waals surface area contributed by atoms with Crippen molar-refractivity contribution in [3.63, 3.8) is 0 Å². The normalized spacial score (nSPS) is 14.5. The largest absolute Gasteiger partial charge is 0.477 e. The molecule has 0 spiro atoms. The molecule has 1 N–H and O–H groups in total. The molecule has 26 heavy (non-hydrogen) atoms. The number of furan rings is 1. The fraction of sp³-hybridized carbons (Fsp3) is 0.238. The maximum absolute atomic E-state index is 6.04. The Kier molecular flexibility index (Phi) is 3.70. The van der Waals surface area contributed by atoms with E-state index < -0.39 is 0 Å². The molecule has 2 aromatic carbocycles. The quantitative estimate of drug-likeness (QED) is 0.532. The number of hydrogen-bond acceptors (Lipinski definition) is 5. The summed E-state index contributed by atoms with van der Waals surface area (Å²) in [6.45, 7) is 0.713. The average molecular weight is 345 g/mol. The van der Waals surface area contributed by atoms with Crippen LogP contribution in [-0.4, -0.2) is 16.6 Å². The van der Waals surface area contributed by atoms with Gasteiger partial charge in [-0.2, -0.15) is 4.98 Å². The van der Waals surface area contributed by atoms with Crippen molar-refractivity contribution in [3.05, 3.63) is 54.6 Å². The van der Waals surface area contributed by atoms with E-state index in [9.17, 15) is 0 Å². The third-order valence-corrected chi connectivity index (χ3v) is 4.91. The molecule has 2 aromatic heterocycles. The summed E-state index contributed by atoms with van der Waals surface area (Å²) in [6, 6.07) is 17.8. The Morgan fingerprint density at radius 2 is 1.88 bits per heavy atom. The molecule has 0 bridgehead atoms. The van der Waals surface area contributed by atoms with E-state index in [1.807, 2.05) is 54.6 Å². The Labute approximate surface area is 151 Å². The number of ether oxygens (including phenoxy) is 1. The van der Waals surface area contributed by atoms with Gasteiger partial charge in [0.15, 0.2) is 0 Å². The fourth-order valence-electron chi connectivity index (χ4n) is 3.22. The molecule has 5 nitrogen and oxygen atoms in total. The number of nitrogens with one attached hydrogen (secondary N) is 1. The molecule has 0 atom stereocenters. The highest BCUT2D eigenvalue weighted by Crippen LogP contribution is 2.30. The van der Waals surface area contributed by atoms with Gasteiger partial charge in [0.2, 0.25) is 17.7 Å². The van der Waals surface area contributed by atoms with E-state index in [0.29, 0.717) is 30.2 Å². The smallest absolute Gasteiger partial charge is 0.233 e. The van der Waals surface area contributed by atoms with Crippen molar-refractivity contribution in [1.29, 1.82) is 0 Å². The van der Waals surface area contributed by atoms with Crippen LogP contribution in [0.4, 0.5) is 11.8 Å². The van der Waals surface area contributed by atoms with E-state index in [1.165, 1.54) is 19.3 Å². The topological polar surface area (TPSA) is 60.2 Å². The molecule has 0 amide bonds. The maximum atomic E-state index is 6.04. The Balaban J connectivity index is 1.48. The summed E-state index contributed by atoms with van der Waals surface area (Å²) in [5, 5.41) is 5.14. The van der Waals surface area contributed by atoms with Gasteiger partial charge in [0.25, 0.3) is 0 Å². The lowest BCUT2D eigenvalue weighted by Gasteiger charge is -2.25. The van der Waals surface area contributed by atoms with E-state index in [4.69, 9.17) is 9.15 Å². The van der Waals surface area contributed by atoms with Gasteiger partial charge in [0.1, 0.15) is 5.58 Å². The molecule has 1 aliphatic rings. The molecule has 0 saturated heterocycles. The second-order valence-corrected chi connectivity index (χ2v) is 6.75. The first-order valence-electron chi connectivity index (χ1n) is 9.00. The molecule has 2 heterocycles. The second-order valence-electron chi connectivity index (χ2n) is 6.75. The van der Waals surface area contributed by atoms with E-state index in [-0.39, 0.29) is 0 Å². The summed E-state index contributed by atoms with van der Waals surface area (Å²) >= 11 is 0. The van der Waals surface area contributed by atoms with Gasteiger partial charge in [-0.05, 0) is 37.0 Å². The fourth-order valence-corrected chi connectivity index (χ4v) is 3.22. The summed E-state index contributed by atoms with van der Waals surface area (Å²) in [5.41, 5.74) is 1.68. The standard InChI is InChI=1S/C21H19N3O2/c1-4-11-18-15(8-1)12-19(26-18)23-21-22-17-10-3-2-9-16(17)20(24-21)25-13-14-6-5-7-14/h1-4,8-12,14H,5-7,13H2,(H,22,23,24). The van der Waals surface area contributed by atoms with Gasteiger partial charge in [-0.1, -0.05) is 36.8 Å². The molecule has 5 heteroatoms. The molecular weight excluding hydrogens is 326 g/mol. The van der Waals surface area contributed by atoms with Crippen LogP contribution >= 0.6 is 0 Å². The molecule has 1 saturated carbocycles. The minimum absolute atomic E-state index is 0.478. The molecule has 1 aliphatic carbocycles. The minimum Gasteiger partial charge on any atom is -0.477 e. The van der Waals surface area contributed by atoms with Gasteiger partial charge in [0.05, 0.1) is 17.5 Å². The van der Waals surface area contributed by atoms with Gasteiger partial charge in [-0.3, -0.25) is 5.32 Å². The first-order chi connectivity index (χ1) is 12.8. The molecule has 0 radical (unpaired) electrons. The number of nitrogens with zero attached hydrogens (tertiary/aromatic N) is 2. The van der Waals surface area contributed by atoms with Gasteiger partial charge >= 0.3 is 0 Å². The Bertz CT molecular complexity index is 1040. The van der Waals surface area contributed by atoms with Gasteiger partial charge < -0.3 is 9.15 Å². The Morgan fingerprint density at radius 3 is 2.73 bits per heavy atom. The van der Waals surface area contributed by atoms with Gasteiger partial charge in [-0.25, -0.2) is 4.98 Å². The lowest BCUT2D eigenvalue weighted by atomic mass is 9.86. The predicted octanol–water partition coefficient (Wildman–Crippen LogP) is 5.30. The number of benzene rings is 2. The van der Waals surface area contributed by atoms with Crippen molar-refractivity contribution < 1.29 is 9.15 Å². The molecule has 1 fully saturated rings. The third kappa shape index (κ3) is 2.86. The van der Waals surface area contributed by atoms with Crippen LogP contribution in [0.15, 0.2) is 59.0 Å². The van der Waals surface area contributed by atoms with Gasteiger partial charge in [0, 0.05) is 11.5 Å². The van der Waals surface area contributed by atoms with Crippen LogP contribution in [0.3, 0.4) is 0 Å². The van der Waals surface area contributed by atoms with Crippen LogP contribution in [0.25, 0.3) is 21.9 Å². The van der Waals surface area contributed by atoms with E-state index in [1.54, 1.807) is 0 Å². The number of anilines is 2. The number of fused-ring (bicyclic) bond motifs is 2. The van der Waals surface area contributed by atoms with Crippen molar-refractivity contribution in [2.75, 3.05) is 11.9 Å². The molecule has 130 valence electrons. The summed E-state index contributed by atoms with van der Waals surface area (Å²) in [7, 11) is 0. The zero-order chi connectivity index (χ0) is 17.3.